The van der Waals surface area contributed by atoms with Crippen LogP contribution in [0.1, 0.15) is 31.2 Å². The maximum atomic E-state index is 14.4. The number of carbonyl (C=O) groups excluding carboxylic acids is 4. The van der Waals surface area contributed by atoms with Crippen LogP contribution in [0.2, 0.25) is 0 Å². The summed E-state index contributed by atoms with van der Waals surface area (Å²) in [4.78, 5) is 54.7. The summed E-state index contributed by atoms with van der Waals surface area (Å²) in [6.07, 6.45) is 3.66. The van der Waals surface area contributed by atoms with Crippen LogP contribution in [0.5, 0.6) is 5.75 Å². The first-order valence-corrected chi connectivity index (χ1v) is 11.9. The van der Waals surface area contributed by atoms with Crippen molar-refractivity contribution in [3.8, 4) is 5.75 Å². The highest BCUT2D eigenvalue weighted by molar-refractivity contribution is 6.25. The zero-order chi connectivity index (χ0) is 25.3. The number of hydrogen-bond donors (Lipinski definition) is 1. The molecule has 3 aliphatic carbocycles. The van der Waals surface area contributed by atoms with Crippen molar-refractivity contribution < 1.29 is 28.7 Å². The molecule has 6 rings (SSSR count). The highest BCUT2D eigenvalue weighted by Crippen LogP contribution is 2.55. The van der Waals surface area contributed by atoms with E-state index in [4.69, 9.17) is 0 Å². The molecule has 4 unspecified atom stereocenters. The molecule has 0 saturated carbocycles. The average Bonchev–Trinajstić information content (AvgIpc) is 3.13. The van der Waals surface area contributed by atoms with Crippen molar-refractivity contribution in [2.75, 3.05) is 4.90 Å². The van der Waals surface area contributed by atoms with Crippen LogP contribution < -0.4 is 4.90 Å². The standard InChI is InChI=1S/C29H22FNO5/c1-14-11-23(33)26-20(27(14)34)13-19-17(24(26)15-7-10-22(32)21(30)12-15)8-9-18-25(19)29(36)31(28(18)35)16-5-3-2-4-6-16/h2-8,10-12,18-19,24-25,32H,9,13H2,1H3. The molecule has 1 saturated heterocycles. The Balaban J connectivity index is 1.50. The fraction of sp³-hybridized carbons (Fsp3) is 0.241. The number of benzene rings is 2. The second-order valence-corrected chi connectivity index (χ2v) is 9.79. The summed E-state index contributed by atoms with van der Waals surface area (Å²) in [6.45, 7) is 1.58. The zero-order valence-electron chi connectivity index (χ0n) is 19.4. The molecule has 1 fully saturated rings. The van der Waals surface area contributed by atoms with Gasteiger partial charge in [-0.1, -0.05) is 35.9 Å². The summed E-state index contributed by atoms with van der Waals surface area (Å²) in [5, 5.41) is 9.74. The lowest BCUT2D eigenvalue weighted by atomic mass is 9.59. The highest BCUT2D eigenvalue weighted by Gasteiger charge is 2.56. The normalized spacial score (nSPS) is 27.4. The molecule has 1 aliphatic heterocycles. The number of aromatic hydroxyl groups is 1. The van der Waals surface area contributed by atoms with Gasteiger partial charge in [-0.15, -0.1) is 0 Å². The lowest BCUT2D eigenvalue weighted by molar-refractivity contribution is -0.123. The second kappa shape index (κ2) is 7.95. The minimum Gasteiger partial charge on any atom is -0.505 e. The lowest BCUT2D eigenvalue weighted by Crippen LogP contribution is -2.39. The molecule has 4 atom stereocenters. The van der Waals surface area contributed by atoms with Gasteiger partial charge in [-0.25, -0.2) is 4.39 Å². The Morgan fingerprint density at radius 3 is 2.44 bits per heavy atom. The number of ketones is 2. The largest absolute Gasteiger partial charge is 0.505 e. The van der Waals surface area contributed by atoms with Gasteiger partial charge in [-0.05, 0) is 61.6 Å². The Kier molecular flexibility index (Phi) is 4.93. The number of anilines is 1. The first-order chi connectivity index (χ1) is 17.3. The number of hydrogen-bond acceptors (Lipinski definition) is 5. The molecule has 1 N–H and O–H groups in total. The number of carbonyl (C=O) groups is 4. The van der Waals surface area contributed by atoms with Crippen molar-refractivity contribution in [3.63, 3.8) is 0 Å². The molecule has 1 heterocycles. The smallest absolute Gasteiger partial charge is 0.238 e. The molecule has 0 spiro atoms. The van der Waals surface area contributed by atoms with Gasteiger partial charge in [0.1, 0.15) is 0 Å². The van der Waals surface area contributed by atoms with Gasteiger partial charge in [-0.2, -0.15) is 0 Å². The van der Waals surface area contributed by atoms with E-state index in [0.717, 1.165) is 5.57 Å². The minimum atomic E-state index is -0.838. The van der Waals surface area contributed by atoms with Crippen LogP contribution in [0.25, 0.3) is 0 Å². The number of para-hydroxylation sites is 1. The predicted molar refractivity (Wildman–Crippen MR) is 128 cm³/mol. The number of amides is 2. The molecule has 2 aromatic rings. The first-order valence-electron chi connectivity index (χ1n) is 11.9. The Bertz CT molecular complexity index is 1470. The second-order valence-electron chi connectivity index (χ2n) is 9.79. The van der Waals surface area contributed by atoms with E-state index in [0.29, 0.717) is 28.8 Å². The first kappa shape index (κ1) is 22.3. The van der Waals surface area contributed by atoms with Crippen LogP contribution >= 0.6 is 0 Å². The number of imide groups is 1. The Labute approximate surface area is 206 Å². The molecule has 36 heavy (non-hydrogen) atoms. The molecular formula is C29H22FNO5. The number of Topliss-reactive ketones (excluding diaryl/α,β-unsaturated/α-hetero) is 1. The lowest BCUT2D eigenvalue weighted by Gasteiger charge is -2.42. The summed E-state index contributed by atoms with van der Waals surface area (Å²) < 4.78 is 14.4. The van der Waals surface area contributed by atoms with E-state index in [1.54, 1.807) is 37.3 Å². The summed E-state index contributed by atoms with van der Waals surface area (Å²) in [5.41, 5.74) is 2.57. The molecule has 6 nitrogen and oxygen atoms in total. The van der Waals surface area contributed by atoms with Crippen molar-refractivity contribution in [1.29, 1.82) is 0 Å². The molecule has 7 heteroatoms. The fourth-order valence-corrected chi connectivity index (χ4v) is 6.30. The summed E-state index contributed by atoms with van der Waals surface area (Å²) in [5.74, 6) is -5.05. The van der Waals surface area contributed by atoms with Crippen molar-refractivity contribution in [3.05, 3.63) is 94.4 Å². The van der Waals surface area contributed by atoms with Crippen LogP contribution in [0.15, 0.2) is 83.0 Å². The van der Waals surface area contributed by atoms with E-state index in [9.17, 15) is 28.7 Å². The van der Waals surface area contributed by atoms with Gasteiger partial charge < -0.3 is 5.11 Å². The van der Waals surface area contributed by atoms with E-state index >= 15 is 0 Å². The fourth-order valence-electron chi connectivity index (χ4n) is 6.30. The topological polar surface area (TPSA) is 91.8 Å². The zero-order valence-corrected chi connectivity index (χ0v) is 19.4. The summed E-state index contributed by atoms with van der Waals surface area (Å²) in [7, 11) is 0. The summed E-state index contributed by atoms with van der Waals surface area (Å²) >= 11 is 0. The number of nitrogens with zero attached hydrogens (tertiary/aromatic N) is 1. The third kappa shape index (κ3) is 3.08. The molecule has 2 aromatic carbocycles. The van der Waals surface area contributed by atoms with E-state index in [1.165, 1.54) is 29.2 Å². The number of allylic oxidation sites excluding steroid dienone is 6. The van der Waals surface area contributed by atoms with Crippen LogP contribution in [0, 0.1) is 23.6 Å². The quantitative estimate of drug-likeness (QED) is 0.393. The molecule has 0 bridgehead atoms. The number of halogens is 1. The van der Waals surface area contributed by atoms with Crippen LogP contribution in [0.4, 0.5) is 10.1 Å². The van der Waals surface area contributed by atoms with Gasteiger partial charge in [-0.3, -0.25) is 24.1 Å². The molecule has 0 aromatic heterocycles. The SMILES string of the molecule is CC1=CC(=O)C2=C(CC3C(=CCC4C(=O)N(c5ccccc5)C(=O)C43)C2c2ccc(O)c(F)c2)C1=O. The predicted octanol–water partition coefficient (Wildman–Crippen LogP) is 4.17. The molecule has 180 valence electrons. The number of phenols is 1. The number of rotatable bonds is 2. The van der Waals surface area contributed by atoms with E-state index < -0.39 is 35.2 Å². The van der Waals surface area contributed by atoms with Crippen molar-refractivity contribution in [2.24, 2.45) is 17.8 Å². The van der Waals surface area contributed by atoms with E-state index in [1.807, 2.05) is 6.08 Å². The maximum Gasteiger partial charge on any atom is 0.238 e. The van der Waals surface area contributed by atoms with E-state index in [-0.39, 0.29) is 35.4 Å². The summed E-state index contributed by atoms with van der Waals surface area (Å²) in [6, 6.07) is 12.7. The molecule has 0 radical (unpaired) electrons. The molecular weight excluding hydrogens is 461 g/mol. The van der Waals surface area contributed by atoms with Crippen LogP contribution in [-0.4, -0.2) is 28.5 Å². The highest BCUT2D eigenvalue weighted by atomic mass is 19.1. The Morgan fingerprint density at radius 1 is 0.972 bits per heavy atom. The van der Waals surface area contributed by atoms with Gasteiger partial charge in [0.15, 0.2) is 23.1 Å². The minimum absolute atomic E-state index is 0.163. The Morgan fingerprint density at radius 2 is 1.72 bits per heavy atom. The van der Waals surface area contributed by atoms with Crippen molar-refractivity contribution >= 4 is 29.1 Å². The van der Waals surface area contributed by atoms with Gasteiger partial charge in [0.05, 0.1) is 17.5 Å². The molecule has 4 aliphatic rings. The number of fused-ring (bicyclic) bond motifs is 3. The molecule has 2 amide bonds. The van der Waals surface area contributed by atoms with Gasteiger partial charge in [0.2, 0.25) is 11.8 Å². The van der Waals surface area contributed by atoms with Crippen molar-refractivity contribution in [1.82, 2.24) is 0 Å². The average molecular weight is 483 g/mol. The van der Waals surface area contributed by atoms with Crippen molar-refractivity contribution in [2.45, 2.75) is 25.7 Å². The van der Waals surface area contributed by atoms with E-state index in [2.05, 4.69) is 0 Å². The number of phenolic OH excluding ortho intramolecular Hbond substituents is 1. The van der Waals surface area contributed by atoms with Gasteiger partial charge >= 0.3 is 0 Å². The Hall–Kier alpha value is -4.13. The third-order valence-corrected chi connectivity index (χ3v) is 7.88. The van der Waals surface area contributed by atoms with Gasteiger partial charge in [0, 0.05) is 22.6 Å². The van der Waals surface area contributed by atoms with Gasteiger partial charge in [0.25, 0.3) is 0 Å². The maximum absolute atomic E-state index is 14.4. The third-order valence-electron chi connectivity index (χ3n) is 7.88. The van der Waals surface area contributed by atoms with Crippen LogP contribution in [-0.2, 0) is 19.2 Å². The monoisotopic (exact) mass is 483 g/mol. The van der Waals surface area contributed by atoms with Crippen LogP contribution in [0.3, 0.4) is 0 Å².